The molecule has 1 N–H and O–H groups in total. The van der Waals surface area contributed by atoms with Crippen LogP contribution in [0, 0.1) is 0 Å². The number of likely N-dealkylation sites (tertiary alicyclic amines) is 1. The van der Waals surface area contributed by atoms with E-state index in [1.807, 2.05) is 7.05 Å². The van der Waals surface area contributed by atoms with Crippen LogP contribution in [0.5, 0.6) is 0 Å². The highest BCUT2D eigenvalue weighted by atomic mass is 127. The zero-order chi connectivity index (χ0) is 19.6. The molecule has 1 aromatic carbocycles. The Labute approximate surface area is 193 Å². The number of halogens is 1. The number of hydrogen-bond acceptors (Lipinski definition) is 4. The van der Waals surface area contributed by atoms with Crippen molar-refractivity contribution in [2.75, 3.05) is 53.0 Å². The van der Waals surface area contributed by atoms with Crippen LogP contribution in [0.15, 0.2) is 35.3 Å². The van der Waals surface area contributed by atoms with Crippen LogP contribution in [0.1, 0.15) is 31.7 Å². The van der Waals surface area contributed by atoms with Gasteiger partial charge in [0.2, 0.25) is 0 Å². The molecule has 0 aliphatic carbocycles. The molecular weight excluding hydrogens is 479 g/mol. The molecule has 2 fully saturated rings. The number of aliphatic imine (C=N–C) groups is 1. The number of guanidine groups is 1. The lowest BCUT2D eigenvalue weighted by Gasteiger charge is -2.36. The van der Waals surface area contributed by atoms with E-state index in [1.165, 1.54) is 12.0 Å². The monoisotopic (exact) mass is 516 g/mol. The number of fused-ring (bicyclic) bond motifs is 1. The van der Waals surface area contributed by atoms with Gasteiger partial charge in [-0.1, -0.05) is 43.7 Å². The molecule has 2 unspecified atom stereocenters. The molecule has 7 heteroatoms. The molecule has 2 atom stereocenters. The molecule has 2 heterocycles. The molecule has 2 aliphatic rings. The minimum absolute atomic E-state index is 0. The van der Waals surface area contributed by atoms with Gasteiger partial charge in [0.25, 0.3) is 0 Å². The largest absolute Gasteiger partial charge is 0.381 e. The lowest BCUT2D eigenvalue weighted by molar-refractivity contribution is -0.0502. The van der Waals surface area contributed by atoms with E-state index < -0.39 is 0 Å². The van der Waals surface area contributed by atoms with Crippen molar-refractivity contribution in [3.8, 4) is 0 Å². The maximum absolute atomic E-state index is 6.09. The third-order valence-corrected chi connectivity index (χ3v) is 5.55. The Kier molecular flexibility index (Phi) is 11.3. The summed E-state index contributed by atoms with van der Waals surface area (Å²) in [4.78, 5) is 9.41. The normalized spacial score (nSPS) is 22.3. The van der Waals surface area contributed by atoms with E-state index in [1.54, 1.807) is 0 Å². The number of ether oxygens (including phenoxy) is 2. The minimum atomic E-state index is 0. The van der Waals surface area contributed by atoms with Crippen LogP contribution in [0.3, 0.4) is 0 Å². The molecule has 0 spiro atoms. The summed E-state index contributed by atoms with van der Waals surface area (Å²) in [6.07, 6.45) is 3.59. The van der Waals surface area contributed by atoms with Gasteiger partial charge in [-0.15, -0.1) is 24.0 Å². The molecule has 164 valence electrons. The number of nitrogens with zero attached hydrogens (tertiary/aromatic N) is 3. The zero-order valence-electron chi connectivity index (χ0n) is 17.9. The van der Waals surface area contributed by atoms with Gasteiger partial charge >= 0.3 is 0 Å². The molecule has 0 amide bonds. The summed E-state index contributed by atoms with van der Waals surface area (Å²) >= 11 is 0. The van der Waals surface area contributed by atoms with Crippen molar-refractivity contribution in [1.82, 2.24) is 15.1 Å². The standard InChI is InChI=1S/C22H36N4O2.HI/c1-3-4-13-27-14-8-11-24-22(23-2)26-17-20-21(18-26)28-15-12-25(20)16-19-9-6-5-7-10-19;/h5-7,9-10,20-21H,3-4,8,11-18H2,1-2H3,(H,23,24);1H. The fourth-order valence-corrected chi connectivity index (χ4v) is 4.00. The van der Waals surface area contributed by atoms with Gasteiger partial charge in [-0.2, -0.15) is 0 Å². The van der Waals surface area contributed by atoms with Crippen LogP contribution in [-0.4, -0.2) is 81.0 Å². The van der Waals surface area contributed by atoms with Crippen LogP contribution in [-0.2, 0) is 16.0 Å². The first-order valence-corrected chi connectivity index (χ1v) is 10.7. The van der Waals surface area contributed by atoms with E-state index in [-0.39, 0.29) is 30.1 Å². The first-order chi connectivity index (χ1) is 13.8. The first kappa shape index (κ1) is 24.4. The highest BCUT2D eigenvalue weighted by Gasteiger charge is 2.41. The lowest BCUT2D eigenvalue weighted by atomic mass is 10.1. The zero-order valence-corrected chi connectivity index (χ0v) is 20.2. The fraction of sp³-hybridized carbons (Fsp3) is 0.682. The number of morpholine rings is 1. The number of benzene rings is 1. The van der Waals surface area contributed by atoms with E-state index in [9.17, 15) is 0 Å². The Morgan fingerprint density at radius 3 is 2.76 bits per heavy atom. The number of nitrogens with one attached hydrogen (secondary N) is 1. The van der Waals surface area contributed by atoms with Gasteiger partial charge in [-0.25, -0.2) is 0 Å². The van der Waals surface area contributed by atoms with Crippen molar-refractivity contribution in [3.05, 3.63) is 35.9 Å². The Bertz CT molecular complexity index is 602. The molecule has 1 aromatic rings. The number of rotatable bonds is 9. The second-order valence-electron chi connectivity index (χ2n) is 7.63. The van der Waals surface area contributed by atoms with Crippen LogP contribution >= 0.6 is 24.0 Å². The predicted octanol–water partition coefficient (Wildman–Crippen LogP) is 2.97. The third kappa shape index (κ3) is 7.38. The van der Waals surface area contributed by atoms with Gasteiger partial charge in [0.15, 0.2) is 5.96 Å². The fourth-order valence-electron chi connectivity index (χ4n) is 4.00. The van der Waals surface area contributed by atoms with Crippen LogP contribution < -0.4 is 5.32 Å². The van der Waals surface area contributed by atoms with E-state index in [0.29, 0.717) is 6.04 Å². The van der Waals surface area contributed by atoms with Crippen molar-refractivity contribution in [3.63, 3.8) is 0 Å². The molecule has 2 saturated heterocycles. The maximum Gasteiger partial charge on any atom is 0.193 e. The third-order valence-electron chi connectivity index (χ3n) is 5.55. The SMILES string of the molecule is CCCCOCCCNC(=NC)N1CC2OCCN(Cc3ccccc3)C2C1.I. The van der Waals surface area contributed by atoms with Gasteiger partial charge in [0.1, 0.15) is 0 Å². The average molecular weight is 516 g/mol. The van der Waals surface area contributed by atoms with Crippen molar-refractivity contribution in [2.24, 2.45) is 4.99 Å². The van der Waals surface area contributed by atoms with E-state index in [4.69, 9.17) is 9.47 Å². The van der Waals surface area contributed by atoms with Gasteiger partial charge in [-0.05, 0) is 18.4 Å². The predicted molar refractivity (Wildman–Crippen MR) is 129 cm³/mol. The van der Waals surface area contributed by atoms with E-state index in [2.05, 4.69) is 57.4 Å². The number of unbranched alkanes of at least 4 members (excludes halogenated alkanes) is 1. The average Bonchev–Trinajstić information content (AvgIpc) is 3.16. The van der Waals surface area contributed by atoms with Crippen LogP contribution in [0.2, 0.25) is 0 Å². The van der Waals surface area contributed by atoms with Gasteiger partial charge in [-0.3, -0.25) is 9.89 Å². The van der Waals surface area contributed by atoms with Gasteiger partial charge in [0, 0.05) is 53.0 Å². The summed E-state index contributed by atoms with van der Waals surface area (Å²) in [5.74, 6) is 0.978. The highest BCUT2D eigenvalue weighted by molar-refractivity contribution is 14.0. The van der Waals surface area contributed by atoms with Gasteiger partial charge < -0.3 is 19.7 Å². The van der Waals surface area contributed by atoms with Crippen molar-refractivity contribution in [2.45, 2.75) is 44.9 Å². The quantitative estimate of drug-likeness (QED) is 0.237. The Morgan fingerprint density at radius 1 is 1.21 bits per heavy atom. The molecule has 0 saturated carbocycles. The maximum atomic E-state index is 6.09. The van der Waals surface area contributed by atoms with E-state index >= 15 is 0 Å². The smallest absolute Gasteiger partial charge is 0.193 e. The second kappa shape index (κ2) is 13.4. The summed E-state index contributed by atoms with van der Waals surface area (Å²) in [6.45, 7) is 9.41. The molecule has 0 bridgehead atoms. The van der Waals surface area contributed by atoms with E-state index in [0.717, 1.165) is 71.3 Å². The molecule has 0 radical (unpaired) electrons. The Morgan fingerprint density at radius 2 is 2.00 bits per heavy atom. The minimum Gasteiger partial charge on any atom is -0.381 e. The van der Waals surface area contributed by atoms with Crippen LogP contribution in [0.4, 0.5) is 0 Å². The molecule has 0 aromatic heterocycles. The van der Waals surface area contributed by atoms with Gasteiger partial charge in [0.05, 0.1) is 18.8 Å². The molecule has 3 rings (SSSR count). The lowest BCUT2D eigenvalue weighted by Crippen LogP contribution is -2.50. The van der Waals surface area contributed by atoms with Crippen LogP contribution in [0.25, 0.3) is 0 Å². The Balaban J connectivity index is 0.00000300. The molecule has 6 nitrogen and oxygen atoms in total. The second-order valence-corrected chi connectivity index (χ2v) is 7.63. The summed E-state index contributed by atoms with van der Waals surface area (Å²) in [6, 6.07) is 11.1. The molecule has 2 aliphatic heterocycles. The summed E-state index contributed by atoms with van der Waals surface area (Å²) in [5, 5.41) is 3.50. The first-order valence-electron chi connectivity index (χ1n) is 10.7. The summed E-state index contributed by atoms with van der Waals surface area (Å²) < 4.78 is 11.7. The van der Waals surface area contributed by atoms with Crippen molar-refractivity contribution >= 4 is 29.9 Å². The molecule has 29 heavy (non-hydrogen) atoms. The Hall–Kier alpha value is -0.900. The van der Waals surface area contributed by atoms with Crippen molar-refractivity contribution < 1.29 is 9.47 Å². The van der Waals surface area contributed by atoms with Crippen molar-refractivity contribution in [1.29, 1.82) is 0 Å². The topological polar surface area (TPSA) is 49.3 Å². The molecular formula is C22H37IN4O2. The number of hydrogen-bond donors (Lipinski definition) is 1. The summed E-state index contributed by atoms with van der Waals surface area (Å²) in [5.41, 5.74) is 1.37. The summed E-state index contributed by atoms with van der Waals surface area (Å²) in [7, 11) is 1.87. The highest BCUT2D eigenvalue weighted by Crippen LogP contribution is 2.24.